The van der Waals surface area contributed by atoms with Crippen LogP contribution >= 0.6 is 0 Å². The number of rotatable bonds is 5. The molecule has 0 atom stereocenters. The van der Waals surface area contributed by atoms with Gasteiger partial charge in [-0.3, -0.25) is 4.79 Å². The number of primary sulfonamides is 1. The van der Waals surface area contributed by atoms with Crippen LogP contribution in [0.2, 0.25) is 0 Å². The molecule has 0 saturated carbocycles. The number of morpholine rings is 1. The number of carbonyl (C=O) groups is 1. The number of nitrogens with two attached hydrogens (primary N) is 1. The van der Waals surface area contributed by atoms with E-state index in [1.165, 1.54) is 12.1 Å². The number of aromatic nitrogens is 1. The standard InChI is InChI=1S/C18H22N4O4S/c1-13-2-3-15(27(19,24)25)11-16(13)18(23)21-12-14-4-5-20-17(10-14)22-6-8-26-9-7-22/h2-5,10-11H,6-9,12H2,1H3,(H,21,23)(H2,19,24,25). The third kappa shape index (κ3) is 4.82. The molecular weight excluding hydrogens is 368 g/mol. The smallest absolute Gasteiger partial charge is 0.251 e. The largest absolute Gasteiger partial charge is 0.378 e. The number of carbonyl (C=O) groups excluding carboxylic acids is 1. The molecule has 1 aromatic heterocycles. The van der Waals surface area contributed by atoms with Crippen molar-refractivity contribution >= 4 is 21.7 Å². The number of anilines is 1. The van der Waals surface area contributed by atoms with Gasteiger partial charge in [-0.15, -0.1) is 0 Å². The molecule has 0 bridgehead atoms. The molecule has 3 N–H and O–H groups in total. The van der Waals surface area contributed by atoms with E-state index in [9.17, 15) is 13.2 Å². The Morgan fingerprint density at radius 3 is 2.70 bits per heavy atom. The molecule has 27 heavy (non-hydrogen) atoms. The van der Waals surface area contributed by atoms with Gasteiger partial charge in [-0.1, -0.05) is 6.07 Å². The summed E-state index contributed by atoms with van der Waals surface area (Å²) < 4.78 is 28.4. The number of nitrogens with zero attached hydrogens (tertiary/aromatic N) is 2. The zero-order valence-corrected chi connectivity index (χ0v) is 15.8. The molecule has 1 aliphatic heterocycles. The van der Waals surface area contributed by atoms with E-state index in [0.717, 1.165) is 24.5 Å². The van der Waals surface area contributed by atoms with Gasteiger partial charge < -0.3 is 15.0 Å². The van der Waals surface area contributed by atoms with Crippen molar-refractivity contribution in [3.63, 3.8) is 0 Å². The normalized spacial score (nSPS) is 14.8. The van der Waals surface area contributed by atoms with Crippen LogP contribution in [0.3, 0.4) is 0 Å². The van der Waals surface area contributed by atoms with Gasteiger partial charge in [0.05, 0.1) is 18.1 Å². The number of benzene rings is 1. The van der Waals surface area contributed by atoms with Crippen molar-refractivity contribution in [1.82, 2.24) is 10.3 Å². The van der Waals surface area contributed by atoms with Crippen LogP contribution in [0, 0.1) is 6.92 Å². The Hall–Kier alpha value is -2.49. The third-order valence-electron chi connectivity index (χ3n) is 4.38. The molecular formula is C18H22N4O4S. The third-order valence-corrected chi connectivity index (χ3v) is 5.29. The zero-order valence-electron chi connectivity index (χ0n) is 15.0. The Kier molecular flexibility index (Phi) is 5.73. The van der Waals surface area contributed by atoms with Gasteiger partial charge in [-0.2, -0.15) is 0 Å². The number of hydrogen-bond acceptors (Lipinski definition) is 6. The second-order valence-electron chi connectivity index (χ2n) is 6.33. The highest BCUT2D eigenvalue weighted by Crippen LogP contribution is 2.16. The Morgan fingerprint density at radius 1 is 1.26 bits per heavy atom. The molecule has 1 aromatic carbocycles. The fourth-order valence-corrected chi connectivity index (χ4v) is 3.38. The highest BCUT2D eigenvalue weighted by atomic mass is 32.2. The van der Waals surface area contributed by atoms with Gasteiger partial charge in [0.2, 0.25) is 10.0 Å². The van der Waals surface area contributed by atoms with E-state index in [-0.39, 0.29) is 16.4 Å². The minimum atomic E-state index is -3.86. The zero-order chi connectivity index (χ0) is 19.4. The van der Waals surface area contributed by atoms with E-state index < -0.39 is 10.0 Å². The lowest BCUT2D eigenvalue weighted by Gasteiger charge is -2.28. The summed E-state index contributed by atoms with van der Waals surface area (Å²) in [5.41, 5.74) is 1.85. The van der Waals surface area contributed by atoms with E-state index in [1.807, 2.05) is 12.1 Å². The first-order chi connectivity index (χ1) is 12.8. The number of amides is 1. The highest BCUT2D eigenvalue weighted by Gasteiger charge is 2.16. The van der Waals surface area contributed by atoms with E-state index >= 15 is 0 Å². The maximum atomic E-state index is 12.5. The molecule has 9 heteroatoms. The summed E-state index contributed by atoms with van der Waals surface area (Å²) >= 11 is 0. The Morgan fingerprint density at radius 2 is 2.00 bits per heavy atom. The monoisotopic (exact) mass is 390 g/mol. The van der Waals surface area contributed by atoms with E-state index in [2.05, 4.69) is 15.2 Å². The molecule has 2 heterocycles. The molecule has 1 aliphatic rings. The maximum absolute atomic E-state index is 12.5. The van der Waals surface area contributed by atoms with Gasteiger partial charge >= 0.3 is 0 Å². The second-order valence-corrected chi connectivity index (χ2v) is 7.89. The van der Waals surface area contributed by atoms with Crippen molar-refractivity contribution in [3.05, 3.63) is 53.2 Å². The van der Waals surface area contributed by atoms with Crippen LogP contribution in [0.5, 0.6) is 0 Å². The van der Waals surface area contributed by atoms with Crippen molar-refractivity contribution in [2.75, 3.05) is 31.2 Å². The Labute approximate surface area is 158 Å². The lowest BCUT2D eigenvalue weighted by atomic mass is 10.1. The molecule has 0 spiro atoms. The predicted octanol–water partition coefficient (Wildman–Crippen LogP) is 0.804. The first-order valence-corrected chi connectivity index (χ1v) is 10.1. The van der Waals surface area contributed by atoms with Crippen LogP contribution in [0.15, 0.2) is 41.4 Å². The Balaban J connectivity index is 1.71. The summed E-state index contributed by atoms with van der Waals surface area (Å²) in [4.78, 5) is 18.9. The number of aryl methyl sites for hydroxylation is 1. The van der Waals surface area contributed by atoms with E-state index in [4.69, 9.17) is 9.88 Å². The van der Waals surface area contributed by atoms with Crippen molar-refractivity contribution in [2.45, 2.75) is 18.4 Å². The van der Waals surface area contributed by atoms with Crippen molar-refractivity contribution < 1.29 is 17.9 Å². The molecule has 2 aromatic rings. The van der Waals surface area contributed by atoms with Crippen LogP contribution in [-0.2, 0) is 21.3 Å². The van der Waals surface area contributed by atoms with Gasteiger partial charge in [0, 0.05) is 31.4 Å². The van der Waals surface area contributed by atoms with Gasteiger partial charge in [-0.25, -0.2) is 18.5 Å². The number of nitrogens with one attached hydrogen (secondary N) is 1. The Bertz CT molecular complexity index is 940. The summed E-state index contributed by atoms with van der Waals surface area (Å²) in [7, 11) is -3.86. The maximum Gasteiger partial charge on any atom is 0.251 e. The fourth-order valence-electron chi connectivity index (χ4n) is 2.84. The molecule has 1 amide bonds. The number of sulfonamides is 1. The summed E-state index contributed by atoms with van der Waals surface area (Å²) in [6, 6.07) is 8.01. The molecule has 0 radical (unpaired) electrons. The quantitative estimate of drug-likeness (QED) is 0.781. The van der Waals surface area contributed by atoms with Crippen LogP contribution in [0.4, 0.5) is 5.82 Å². The molecule has 3 rings (SSSR count). The van der Waals surface area contributed by atoms with Gasteiger partial charge in [0.1, 0.15) is 5.82 Å². The average molecular weight is 390 g/mol. The predicted molar refractivity (Wildman–Crippen MR) is 101 cm³/mol. The topological polar surface area (TPSA) is 115 Å². The average Bonchev–Trinajstić information content (AvgIpc) is 2.66. The van der Waals surface area contributed by atoms with Crippen LogP contribution in [0.1, 0.15) is 21.5 Å². The highest BCUT2D eigenvalue weighted by molar-refractivity contribution is 7.89. The van der Waals surface area contributed by atoms with Gasteiger partial charge in [0.15, 0.2) is 0 Å². The van der Waals surface area contributed by atoms with E-state index in [0.29, 0.717) is 25.3 Å². The van der Waals surface area contributed by atoms with Crippen molar-refractivity contribution in [1.29, 1.82) is 0 Å². The molecule has 0 aliphatic carbocycles. The second kappa shape index (κ2) is 8.03. The van der Waals surface area contributed by atoms with Gasteiger partial charge in [0.25, 0.3) is 5.91 Å². The molecule has 0 unspecified atom stereocenters. The molecule has 144 valence electrons. The SMILES string of the molecule is Cc1ccc(S(N)(=O)=O)cc1C(=O)NCc1ccnc(N2CCOCC2)c1. The first-order valence-electron chi connectivity index (χ1n) is 8.54. The van der Waals surface area contributed by atoms with Crippen LogP contribution < -0.4 is 15.4 Å². The summed E-state index contributed by atoms with van der Waals surface area (Å²) in [5, 5.41) is 7.97. The van der Waals surface area contributed by atoms with Crippen molar-refractivity contribution in [3.8, 4) is 0 Å². The minimum Gasteiger partial charge on any atom is -0.378 e. The fraction of sp³-hybridized carbons (Fsp3) is 0.333. The minimum absolute atomic E-state index is 0.0863. The lowest BCUT2D eigenvalue weighted by molar-refractivity contribution is 0.0950. The van der Waals surface area contributed by atoms with Crippen LogP contribution in [0.25, 0.3) is 0 Å². The summed E-state index contributed by atoms with van der Waals surface area (Å²) in [6.45, 7) is 4.94. The molecule has 1 fully saturated rings. The summed E-state index contributed by atoms with van der Waals surface area (Å²) in [5.74, 6) is 0.486. The van der Waals surface area contributed by atoms with Gasteiger partial charge in [-0.05, 0) is 42.3 Å². The van der Waals surface area contributed by atoms with E-state index in [1.54, 1.807) is 19.2 Å². The number of pyridine rings is 1. The number of hydrogen-bond donors (Lipinski definition) is 2. The summed E-state index contributed by atoms with van der Waals surface area (Å²) in [6.07, 6.45) is 1.71. The molecule has 1 saturated heterocycles. The van der Waals surface area contributed by atoms with Crippen molar-refractivity contribution in [2.24, 2.45) is 5.14 Å². The lowest BCUT2D eigenvalue weighted by Crippen LogP contribution is -2.36. The first kappa shape index (κ1) is 19.3. The molecule has 8 nitrogen and oxygen atoms in total. The number of ether oxygens (including phenoxy) is 1. The van der Waals surface area contributed by atoms with Crippen LogP contribution in [-0.4, -0.2) is 45.6 Å².